The van der Waals surface area contributed by atoms with Gasteiger partial charge in [-0.2, -0.15) is 0 Å². The van der Waals surface area contributed by atoms with Crippen molar-refractivity contribution in [2.24, 2.45) is 11.1 Å². The first kappa shape index (κ1) is 12.9. The summed E-state index contributed by atoms with van der Waals surface area (Å²) < 4.78 is 5.77. The van der Waals surface area contributed by atoms with Crippen LogP contribution in [0, 0.1) is 5.92 Å². The van der Waals surface area contributed by atoms with Crippen molar-refractivity contribution >= 4 is 5.71 Å². The van der Waals surface area contributed by atoms with Crippen molar-refractivity contribution in [2.75, 3.05) is 13.2 Å². The van der Waals surface area contributed by atoms with Crippen molar-refractivity contribution < 1.29 is 9.57 Å². The van der Waals surface area contributed by atoms with Crippen molar-refractivity contribution in [2.45, 2.75) is 33.1 Å². The third-order valence-corrected chi connectivity index (χ3v) is 3.25. The van der Waals surface area contributed by atoms with E-state index < -0.39 is 0 Å². The summed E-state index contributed by atoms with van der Waals surface area (Å²) >= 11 is 0. The average Bonchev–Trinajstić information content (AvgIpc) is 2.72. The van der Waals surface area contributed by atoms with E-state index in [1.54, 1.807) is 0 Å². The third-order valence-electron chi connectivity index (χ3n) is 3.25. The van der Waals surface area contributed by atoms with E-state index in [1.807, 2.05) is 19.1 Å². The lowest BCUT2D eigenvalue weighted by Gasteiger charge is -2.19. The van der Waals surface area contributed by atoms with E-state index in [9.17, 15) is 0 Å². The molecular formula is C15H21NO2. The molecule has 18 heavy (non-hydrogen) atoms. The van der Waals surface area contributed by atoms with E-state index in [2.05, 4.69) is 38.1 Å². The molecule has 1 aromatic rings. The highest BCUT2D eigenvalue weighted by Crippen LogP contribution is 2.24. The van der Waals surface area contributed by atoms with Crippen molar-refractivity contribution in [1.29, 1.82) is 0 Å². The fraction of sp³-hybridized carbons (Fsp3) is 0.533. The first-order chi connectivity index (χ1) is 8.47. The molecule has 0 aromatic heterocycles. The summed E-state index contributed by atoms with van der Waals surface area (Å²) in [6.45, 7) is 9.86. The highest BCUT2D eigenvalue weighted by atomic mass is 16.6. The Bertz CT molecular complexity index is 429. The Hall–Kier alpha value is -1.51. The van der Waals surface area contributed by atoms with E-state index in [4.69, 9.17) is 9.57 Å². The molecule has 0 N–H and O–H groups in total. The van der Waals surface area contributed by atoms with Gasteiger partial charge < -0.3 is 9.57 Å². The summed E-state index contributed by atoms with van der Waals surface area (Å²) in [5.74, 6) is 1.19. The van der Waals surface area contributed by atoms with Crippen LogP contribution >= 0.6 is 0 Å². The largest absolute Gasteiger partial charge is 0.493 e. The minimum Gasteiger partial charge on any atom is -0.493 e. The minimum absolute atomic E-state index is 0.182. The van der Waals surface area contributed by atoms with Crippen LogP contribution in [0.3, 0.4) is 0 Å². The van der Waals surface area contributed by atoms with Gasteiger partial charge in [-0.25, -0.2) is 0 Å². The van der Waals surface area contributed by atoms with Crippen LogP contribution in [-0.2, 0) is 10.3 Å². The molecular weight excluding hydrogens is 226 g/mol. The molecule has 98 valence electrons. The topological polar surface area (TPSA) is 30.8 Å². The van der Waals surface area contributed by atoms with Crippen LogP contribution < -0.4 is 4.74 Å². The van der Waals surface area contributed by atoms with Gasteiger partial charge in [-0.15, -0.1) is 0 Å². The van der Waals surface area contributed by atoms with Crippen LogP contribution in [-0.4, -0.2) is 18.9 Å². The van der Waals surface area contributed by atoms with Crippen LogP contribution in [0.5, 0.6) is 5.75 Å². The molecule has 0 saturated heterocycles. The summed E-state index contributed by atoms with van der Waals surface area (Å²) in [5, 5.41) is 3.91. The Labute approximate surface area is 109 Å². The van der Waals surface area contributed by atoms with Crippen molar-refractivity contribution in [3.05, 3.63) is 29.8 Å². The van der Waals surface area contributed by atoms with Gasteiger partial charge in [-0.3, -0.25) is 0 Å². The maximum absolute atomic E-state index is 5.77. The monoisotopic (exact) mass is 247 g/mol. The quantitative estimate of drug-likeness (QED) is 0.819. The first-order valence-electron chi connectivity index (χ1n) is 6.36. The molecule has 0 spiro atoms. The Balaban J connectivity index is 1.93. The molecule has 2 rings (SSSR count). The fourth-order valence-corrected chi connectivity index (χ4v) is 1.84. The second-order valence-electron chi connectivity index (χ2n) is 5.81. The van der Waals surface area contributed by atoms with Gasteiger partial charge in [0.1, 0.15) is 12.4 Å². The Morgan fingerprint density at radius 2 is 1.94 bits per heavy atom. The lowest BCUT2D eigenvalue weighted by Crippen LogP contribution is -2.19. The molecule has 1 heterocycles. The summed E-state index contributed by atoms with van der Waals surface area (Å²) in [6, 6.07) is 8.31. The average molecular weight is 247 g/mol. The molecule has 1 aromatic carbocycles. The molecule has 0 saturated carbocycles. The van der Waals surface area contributed by atoms with Crippen molar-refractivity contribution in [1.82, 2.24) is 0 Å². The maximum atomic E-state index is 5.77. The molecule has 1 aliphatic rings. The SMILES string of the molecule is CC1=NOCC1COc1ccc(C(C)(C)C)cc1. The van der Waals surface area contributed by atoms with Gasteiger partial charge >= 0.3 is 0 Å². The predicted octanol–water partition coefficient (Wildman–Crippen LogP) is 3.39. The molecule has 1 aliphatic heterocycles. The first-order valence-corrected chi connectivity index (χ1v) is 6.36. The van der Waals surface area contributed by atoms with Gasteiger partial charge in [0.15, 0.2) is 0 Å². The van der Waals surface area contributed by atoms with Crippen molar-refractivity contribution in [3.63, 3.8) is 0 Å². The zero-order valence-electron chi connectivity index (χ0n) is 11.6. The second-order valence-corrected chi connectivity index (χ2v) is 5.81. The van der Waals surface area contributed by atoms with E-state index >= 15 is 0 Å². The number of ether oxygens (including phenoxy) is 1. The Morgan fingerprint density at radius 3 is 2.44 bits per heavy atom. The zero-order chi connectivity index (χ0) is 13.2. The molecule has 1 atom stereocenters. The van der Waals surface area contributed by atoms with Gasteiger partial charge in [-0.1, -0.05) is 38.1 Å². The fourth-order valence-electron chi connectivity index (χ4n) is 1.84. The second kappa shape index (κ2) is 5.01. The highest BCUT2D eigenvalue weighted by Gasteiger charge is 2.20. The molecule has 0 bridgehead atoms. The van der Waals surface area contributed by atoms with E-state index in [1.165, 1.54) is 5.56 Å². The molecule has 1 unspecified atom stereocenters. The number of oxime groups is 1. The minimum atomic E-state index is 0.182. The number of benzene rings is 1. The van der Waals surface area contributed by atoms with E-state index in [0.29, 0.717) is 13.2 Å². The highest BCUT2D eigenvalue weighted by molar-refractivity contribution is 5.85. The molecule has 0 aliphatic carbocycles. The van der Waals surface area contributed by atoms with E-state index in [0.717, 1.165) is 11.5 Å². The summed E-state index contributed by atoms with van der Waals surface area (Å²) in [6.07, 6.45) is 0. The number of nitrogens with zero attached hydrogens (tertiary/aromatic N) is 1. The molecule has 0 amide bonds. The van der Waals surface area contributed by atoms with Crippen LogP contribution in [0.15, 0.2) is 29.4 Å². The van der Waals surface area contributed by atoms with Gasteiger partial charge in [0.05, 0.1) is 18.2 Å². The van der Waals surface area contributed by atoms with E-state index in [-0.39, 0.29) is 11.3 Å². The van der Waals surface area contributed by atoms with Gasteiger partial charge in [0, 0.05) is 0 Å². The Morgan fingerprint density at radius 1 is 1.28 bits per heavy atom. The lowest BCUT2D eigenvalue weighted by atomic mass is 9.87. The zero-order valence-corrected chi connectivity index (χ0v) is 11.6. The predicted molar refractivity (Wildman–Crippen MR) is 73.2 cm³/mol. The number of hydrogen-bond donors (Lipinski definition) is 0. The molecule has 3 heteroatoms. The smallest absolute Gasteiger partial charge is 0.128 e. The summed E-state index contributed by atoms with van der Waals surface area (Å²) in [5.41, 5.74) is 2.51. The molecule has 3 nitrogen and oxygen atoms in total. The van der Waals surface area contributed by atoms with Gasteiger partial charge in [0.25, 0.3) is 0 Å². The van der Waals surface area contributed by atoms with Crippen LogP contribution in [0.25, 0.3) is 0 Å². The van der Waals surface area contributed by atoms with Crippen LogP contribution in [0.2, 0.25) is 0 Å². The maximum Gasteiger partial charge on any atom is 0.128 e. The lowest BCUT2D eigenvalue weighted by molar-refractivity contribution is 0.137. The summed E-state index contributed by atoms with van der Waals surface area (Å²) in [7, 11) is 0. The normalized spacial score (nSPS) is 19.3. The number of rotatable bonds is 3. The Kier molecular flexibility index (Phi) is 3.60. The van der Waals surface area contributed by atoms with Gasteiger partial charge in [0.2, 0.25) is 0 Å². The van der Waals surface area contributed by atoms with Gasteiger partial charge in [-0.05, 0) is 30.0 Å². The number of hydrogen-bond acceptors (Lipinski definition) is 3. The van der Waals surface area contributed by atoms with Crippen LogP contribution in [0.1, 0.15) is 33.3 Å². The molecule has 0 fully saturated rings. The van der Waals surface area contributed by atoms with Crippen molar-refractivity contribution in [3.8, 4) is 5.75 Å². The molecule has 0 radical (unpaired) electrons. The standard InChI is InChI=1S/C15H21NO2/c1-11-12(10-18-16-11)9-17-14-7-5-13(6-8-14)15(2,3)4/h5-8,12H,9-10H2,1-4H3. The summed E-state index contributed by atoms with van der Waals surface area (Å²) in [4.78, 5) is 5.03. The van der Waals surface area contributed by atoms with Crippen LogP contribution in [0.4, 0.5) is 0 Å². The third kappa shape index (κ3) is 3.03.